The van der Waals surface area contributed by atoms with Gasteiger partial charge in [0.05, 0.1) is 5.56 Å². The van der Waals surface area contributed by atoms with Crippen molar-refractivity contribution in [1.29, 1.82) is 0 Å². The first-order valence-electron chi connectivity index (χ1n) is 10.1. The number of amides is 2. The number of rotatable bonds is 4. The lowest BCUT2D eigenvalue weighted by atomic mass is 9.80. The molecule has 2 saturated heterocycles. The largest absolute Gasteiger partial charge is 0.338 e. The second-order valence-electron chi connectivity index (χ2n) is 8.67. The van der Waals surface area contributed by atoms with E-state index in [0.717, 1.165) is 17.8 Å². The highest BCUT2D eigenvalue weighted by Gasteiger charge is 2.54. The molecule has 2 fully saturated rings. The van der Waals surface area contributed by atoms with Crippen LogP contribution in [0.3, 0.4) is 0 Å². The van der Waals surface area contributed by atoms with E-state index in [1.165, 1.54) is 0 Å². The number of carbonyl (C=O) groups excluding carboxylic acids is 2. The van der Waals surface area contributed by atoms with E-state index in [-0.39, 0.29) is 23.1 Å². The van der Waals surface area contributed by atoms with E-state index >= 15 is 0 Å². The average molecular weight is 393 g/mol. The number of aryl methyl sites for hydroxylation is 1. The van der Waals surface area contributed by atoms with Gasteiger partial charge in [-0.2, -0.15) is 0 Å². The molecule has 0 spiro atoms. The van der Waals surface area contributed by atoms with Crippen molar-refractivity contribution in [2.75, 3.05) is 46.8 Å². The van der Waals surface area contributed by atoms with Crippen LogP contribution in [0.2, 0.25) is 0 Å². The van der Waals surface area contributed by atoms with Gasteiger partial charge in [-0.25, -0.2) is 0 Å². The van der Waals surface area contributed by atoms with Crippen LogP contribution in [0.25, 0.3) is 0 Å². The van der Waals surface area contributed by atoms with E-state index in [1.807, 2.05) is 59.2 Å². The maximum absolute atomic E-state index is 13.2. The number of fused-ring (bicyclic) bond motifs is 1. The Hall–Kier alpha value is -2.73. The lowest BCUT2D eigenvalue weighted by Gasteiger charge is -2.32. The Labute approximate surface area is 172 Å². The van der Waals surface area contributed by atoms with Gasteiger partial charge in [-0.1, -0.05) is 18.2 Å². The summed E-state index contributed by atoms with van der Waals surface area (Å²) in [4.78, 5) is 36.5. The molecule has 0 N–H and O–H groups in total. The van der Waals surface area contributed by atoms with Crippen LogP contribution in [0.15, 0.2) is 48.7 Å². The van der Waals surface area contributed by atoms with Gasteiger partial charge in [-0.15, -0.1) is 0 Å². The summed E-state index contributed by atoms with van der Waals surface area (Å²) in [5, 5.41) is 0. The molecule has 2 atom stereocenters. The van der Waals surface area contributed by atoms with Crippen LogP contribution in [0.5, 0.6) is 0 Å². The van der Waals surface area contributed by atoms with Crippen molar-refractivity contribution in [3.05, 3.63) is 65.5 Å². The van der Waals surface area contributed by atoms with E-state index < -0.39 is 0 Å². The Morgan fingerprint density at radius 2 is 1.69 bits per heavy atom. The molecular weight excluding hydrogens is 364 g/mol. The number of hydrogen-bond acceptors (Lipinski definition) is 4. The third-order valence-corrected chi connectivity index (χ3v) is 6.22. The van der Waals surface area contributed by atoms with Crippen molar-refractivity contribution in [2.24, 2.45) is 11.3 Å². The van der Waals surface area contributed by atoms with Crippen LogP contribution < -0.4 is 0 Å². The second kappa shape index (κ2) is 7.59. The van der Waals surface area contributed by atoms with Crippen LogP contribution in [-0.2, 0) is 0 Å². The highest BCUT2D eigenvalue weighted by atomic mass is 16.2. The van der Waals surface area contributed by atoms with Crippen molar-refractivity contribution in [2.45, 2.75) is 6.92 Å². The highest BCUT2D eigenvalue weighted by Crippen LogP contribution is 2.43. The predicted molar refractivity (Wildman–Crippen MR) is 112 cm³/mol. The molecule has 2 aromatic rings. The van der Waals surface area contributed by atoms with Gasteiger partial charge in [0.1, 0.15) is 0 Å². The van der Waals surface area contributed by atoms with Crippen molar-refractivity contribution in [3.8, 4) is 0 Å². The SMILES string of the molecule is Cc1ncccc1C(=O)N1C[C@H]2CN(C(=O)c3ccccc3)C[C@@]2(CN(C)C)C1. The van der Waals surface area contributed by atoms with Gasteiger partial charge in [0.2, 0.25) is 0 Å². The second-order valence-corrected chi connectivity index (χ2v) is 8.67. The lowest BCUT2D eigenvalue weighted by Crippen LogP contribution is -2.43. The van der Waals surface area contributed by atoms with E-state index in [2.05, 4.69) is 24.0 Å². The predicted octanol–water partition coefficient (Wildman–Crippen LogP) is 2.17. The Bertz CT molecular complexity index is 914. The molecule has 6 heteroatoms. The molecule has 29 heavy (non-hydrogen) atoms. The summed E-state index contributed by atoms with van der Waals surface area (Å²) in [7, 11) is 4.12. The summed E-state index contributed by atoms with van der Waals surface area (Å²) in [5.41, 5.74) is 2.06. The number of benzene rings is 1. The molecule has 2 aliphatic heterocycles. The van der Waals surface area contributed by atoms with E-state index in [4.69, 9.17) is 0 Å². The summed E-state index contributed by atoms with van der Waals surface area (Å²) in [6.45, 7) is 5.45. The van der Waals surface area contributed by atoms with Gasteiger partial charge in [0.15, 0.2) is 0 Å². The third kappa shape index (κ3) is 3.65. The summed E-state index contributed by atoms with van der Waals surface area (Å²) in [6, 6.07) is 13.1. The van der Waals surface area contributed by atoms with Gasteiger partial charge in [-0.3, -0.25) is 14.6 Å². The number of carbonyl (C=O) groups is 2. The molecule has 0 bridgehead atoms. The van der Waals surface area contributed by atoms with E-state index in [9.17, 15) is 9.59 Å². The van der Waals surface area contributed by atoms with Gasteiger partial charge in [0, 0.05) is 61.5 Å². The molecule has 0 unspecified atom stereocenters. The summed E-state index contributed by atoms with van der Waals surface area (Å²) in [5.74, 6) is 0.404. The van der Waals surface area contributed by atoms with Crippen LogP contribution in [0.4, 0.5) is 0 Å². The fourth-order valence-corrected chi connectivity index (χ4v) is 4.99. The molecule has 0 radical (unpaired) electrons. The first-order valence-corrected chi connectivity index (χ1v) is 10.1. The van der Waals surface area contributed by atoms with Crippen molar-refractivity contribution >= 4 is 11.8 Å². The third-order valence-electron chi connectivity index (χ3n) is 6.22. The van der Waals surface area contributed by atoms with Crippen LogP contribution in [0, 0.1) is 18.3 Å². The maximum Gasteiger partial charge on any atom is 0.255 e. The number of likely N-dealkylation sites (tertiary alicyclic amines) is 2. The molecule has 152 valence electrons. The zero-order valence-electron chi connectivity index (χ0n) is 17.3. The zero-order chi connectivity index (χ0) is 20.6. The fraction of sp³-hybridized carbons (Fsp3) is 0.435. The quantitative estimate of drug-likeness (QED) is 0.800. The number of hydrogen-bond donors (Lipinski definition) is 0. The van der Waals surface area contributed by atoms with Crippen LogP contribution >= 0.6 is 0 Å². The molecule has 4 rings (SSSR count). The summed E-state index contributed by atoms with van der Waals surface area (Å²) < 4.78 is 0. The zero-order valence-corrected chi connectivity index (χ0v) is 17.3. The Kier molecular flexibility index (Phi) is 5.13. The molecule has 6 nitrogen and oxygen atoms in total. The maximum atomic E-state index is 13.2. The molecule has 2 amide bonds. The molecule has 0 aliphatic carbocycles. The fourth-order valence-electron chi connectivity index (χ4n) is 4.99. The minimum atomic E-state index is -0.0975. The van der Waals surface area contributed by atoms with Gasteiger partial charge >= 0.3 is 0 Å². The molecule has 0 saturated carbocycles. The number of pyridine rings is 1. The number of nitrogens with zero attached hydrogens (tertiary/aromatic N) is 4. The molecule has 2 aliphatic rings. The van der Waals surface area contributed by atoms with Gasteiger partial charge < -0.3 is 14.7 Å². The van der Waals surface area contributed by atoms with Crippen LogP contribution in [-0.4, -0.2) is 78.3 Å². The van der Waals surface area contributed by atoms with Gasteiger partial charge in [-0.05, 0) is 45.3 Å². The first kappa shape index (κ1) is 19.6. The minimum absolute atomic E-state index is 0.0454. The van der Waals surface area contributed by atoms with Gasteiger partial charge in [0.25, 0.3) is 11.8 Å². The van der Waals surface area contributed by atoms with E-state index in [1.54, 1.807) is 6.20 Å². The molecule has 3 heterocycles. The Balaban J connectivity index is 1.55. The topological polar surface area (TPSA) is 56.8 Å². The highest BCUT2D eigenvalue weighted by molar-refractivity contribution is 5.96. The summed E-state index contributed by atoms with van der Waals surface area (Å²) in [6.07, 6.45) is 1.71. The first-order chi connectivity index (χ1) is 13.9. The standard InChI is InChI=1S/C23H28N4O2/c1-17-20(10-7-11-24-17)22(29)27-13-19-12-26(15-23(19,16-27)14-25(2)3)21(28)18-8-5-4-6-9-18/h4-11,19H,12-16H2,1-3H3/t19-,23+/m1/s1. The summed E-state index contributed by atoms with van der Waals surface area (Å²) >= 11 is 0. The van der Waals surface area contributed by atoms with Crippen molar-refractivity contribution < 1.29 is 9.59 Å². The normalized spacial score (nSPS) is 23.5. The lowest BCUT2D eigenvalue weighted by molar-refractivity contribution is 0.0701. The molecule has 1 aromatic carbocycles. The van der Waals surface area contributed by atoms with Crippen molar-refractivity contribution in [1.82, 2.24) is 19.7 Å². The van der Waals surface area contributed by atoms with E-state index in [0.29, 0.717) is 31.7 Å². The average Bonchev–Trinajstić information content (AvgIpc) is 3.21. The Morgan fingerprint density at radius 1 is 1.03 bits per heavy atom. The Morgan fingerprint density at radius 3 is 2.31 bits per heavy atom. The minimum Gasteiger partial charge on any atom is -0.338 e. The number of aromatic nitrogens is 1. The monoisotopic (exact) mass is 392 g/mol. The molecular formula is C23H28N4O2. The smallest absolute Gasteiger partial charge is 0.255 e. The van der Waals surface area contributed by atoms with Crippen LogP contribution in [0.1, 0.15) is 26.4 Å². The van der Waals surface area contributed by atoms with Crippen molar-refractivity contribution in [3.63, 3.8) is 0 Å². The molecule has 1 aromatic heterocycles.